The first kappa shape index (κ1) is 14.3. The van der Waals surface area contributed by atoms with Gasteiger partial charge in [0, 0.05) is 6.54 Å². The van der Waals surface area contributed by atoms with Crippen LogP contribution in [-0.2, 0) is 0 Å². The number of hydrogen-bond acceptors (Lipinski definition) is 5. The summed E-state index contributed by atoms with van der Waals surface area (Å²) in [4.78, 5) is 6.30. The second kappa shape index (κ2) is 6.86. The zero-order chi connectivity index (χ0) is 12.8. The first-order valence-electron chi connectivity index (χ1n) is 5.26. The summed E-state index contributed by atoms with van der Waals surface area (Å²) in [5, 5.41) is 4.03. The lowest BCUT2D eigenvalue weighted by Gasteiger charge is -2.12. The van der Waals surface area contributed by atoms with Crippen LogP contribution in [0.5, 0.6) is 0 Å². The number of hydrazine groups is 1. The van der Waals surface area contributed by atoms with Gasteiger partial charge in [0.2, 0.25) is 0 Å². The molecular formula is C10H17Cl2N5. The summed E-state index contributed by atoms with van der Waals surface area (Å²) in [5.74, 6) is 6.28. The van der Waals surface area contributed by atoms with E-state index in [9.17, 15) is 0 Å². The van der Waals surface area contributed by atoms with Gasteiger partial charge in [0.25, 0.3) is 0 Å². The highest BCUT2D eigenvalue weighted by atomic mass is 35.5. The lowest BCUT2D eigenvalue weighted by molar-refractivity contribution is 0.405. The van der Waals surface area contributed by atoms with Gasteiger partial charge in [0.05, 0.1) is 10.0 Å². The average Bonchev–Trinajstić information content (AvgIpc) is 2.26. The third kappa shape index (κ3) is 4.55. The lowest BCUT2D eigenvalue weighted by Crippen LogP contribution is -2.17. The molecule has 1 aromatic rings. The van der Waals surface area contributed by atoms with Crippen molar-refractivity contribution in [2.45, 2.75) is 6.42 Å². The number of nitrogens with zero attached hydrogens (tertiary/aromatic N) is 2. The van der Waals surface area contributed by atoms with E-state index in [0.29, 0.717) is 21.7 Å². The maximum atomic E-state index is 6.01. The number of hydrogen-bond donors (Lipinski definition) is 3. The maximum absolute atomic E-state index is 6.01. The summed E-state index contributed by atoms with van der Waals surface area (Å²) in [5.41, 5.74) is 2.42. The molecule has 0 atom stereocenters. The second-order valence-electron chi connectivity index (χ2n) is 3.88. The maximum Gasteiger partial charge on any atom is 0.161 e. The highest BCUT2D eigenvalue weighted by Crippen LogP contribution is 2.28. The van der Waals surface area contributed by atoms with Gasteiger partial charge in [-0.05, 0) is 33.1 Å². The van der Waals surface area contributed by atoms with Crippen molar-refractivity contribution in [3.63, 3.8) is 0 Å². The van der Waals surface area contributed by atoms with E-state index in [1.54, 1.807) is 6.07 Å². The third-order valence-electron chi connectivity index (χ3n) is 2.14. The monoisotopic (exact) mass is 277 g/mol. The number of nitrogens with two attached hydrogens (primary N) is 1. The first-order chi connectivity index (χ1) is 8.04. The molecule has 0 aliphatic heterocycles. The van der Waals surface area contributed by atoms with E-state index in [2.05, 4.69) is 20.6 Å². The van der Waals surface area contributed by atoms with Crippen LogP contribution < -0.4 is 16.6 Å². The molecule has 0 saturated carbocycles. The van der Waals surface area contributed by atoms with Crippen LogP contribution in [0.3, 0.4) is 0 Å². The minimum Gasteiger partial charge on any atom is -0.369 e. The Morgan fingerprint density at radius 1 is 1.29 bits per heavy atom. The van der Waals surface area contributed by atoms with Gasteiger partial charge in [-0.3, -0.25) is 0 Å². The minimum absolute atomic E-state index is 0.399. The van der Waals surface area contributed by atoms with Crippen LogP contribution in [0.2, 0.25) is 10.0 Å². The van der Waals surface area contributed by atoms with Crippen molar-refractivity contribution in [3.8, 4) is 0 Å². The first-order valence-corrected chi connectivity index (χ1v) is 6.01. The van der Waals surface area contributed by atoms with Crippen LogP contribution >= 0.6 is 23.2 Å². The van der Waals surface area contributed by atoms with Crippen LogP contribution in [-0.4, -0.2) is 37.1 Å². The summed E-state index contributed by atoms with van der Waals surface area (Å²) in [6.45, 7) is 1.79. The largest absolute Gasteiger partial charge is 0.369 e. The molecule has 0 amide bonds. The molecule has 1 heterocycles. The van der Waals surface area contributed by atoms with Gasteiger partial charge in [-0.1, -0.05) is 23.2 Å². The molecule has 0 aromatic carbocycles. The summed E-state index contributed by atoms with van der Waals surface area (Å²) >= 11 is 11.9. The highest BCUT2D eigenvalue weighted by molar-refractivity contribution is 6.37. The Kier molecular flexibility index (Phi) is 5.77. The Bertz CT molecular complexity index is 370. The fraction of sp³-hybridized carbons (Fsp3) is 0.500. The summed E-state index contributed by atoms with van der Waals surface area (Å²) < 4.78 is 0. The normalized spacial score (nSPS) is 10.7. The van der Waals surface area contributed by atoms with Crippen molar-refractivity contribution in [2.75, 3.05) is 37.9 Å². The number of anilines is 2. The van der Waals surface area contributed by atoms with Crippen LogP contribution in [0.1, 0.15) is 6.42 Å². The lowest BCUT2D eigenvalue weighted by atomic mass is 10.4. The van der Waals surface area contributed by atoms with Gasteiger partial charge in [-0.25, -0.2) is 10.8 Å². The molecule has 96 valence electrons. The summed E-state index contributed by atoms with van der Waals surface area (Å²) in [7, 11) is 4.06. The number of pyridine rings is 1. The van der Waals surface area contributed by atoms with Crippen LogP contribution in [0.15, 0.2) is 6.07 Å². The van der Waals surface area contributed by atoms with Crippen LogP contribution in [0.25, 0.3) is 0 Å². The van der Waals surface area contributed by atoms with Gasteiger partial charge in [-0.15, -0.1) is 0 Å². The zero-order valence-corrected chi connectivity index (χ0v) is 11.4. The van der Waals surface area contributed by atoms with Crippen molar-refractivity contribution < 1.29 is 0 Å². The molecule has 0 fully saturated rings. The van der Waals surface area contributed by atoms with E-state index in [4.69, 9.17) is 29.0 Å². The summed E-state index contributed by atoms with van der Waals surface area (Å²) in [6.07, 6.45) is 0.999. The molecule has 0 aliphatic rings. The smallest absolute Gasteiger partial charge is 0.161 e. The Morgan fingerprint density at radius 3 is 2.53 bits per heavy atom. The molecule has 1 aromatic heterocycles. The number of rotatable bonds is 6. The number of nitrogen functional groups attached to an aromatic ring is 1. The molecule has 0 spiro atoms. The molecule has 17 heavy (non-hydrogen) atoms. The molecule has 4 N–H and O–H groups in total. The summed E-state index contributed by atoms with van der Waals surface area (Å²) in [6, 6.07) is 1.61. The molecule has 0 radical (unpaired) electrons. The van der Waals surface area contributed by atoms with Crippen LogP contribution in [0.4, 0.5) is 11.6 Å². The topological polar surface area (TPSA) is 66.2 Å². The number of nitrogens with one attached hydrogen (secondary N) is 2. The fourth-order valence-corrected chi connectivity index (χ4v) is 1.77. The molecule has 1 rings (SSSR count). The average molecular weight is 278 g/mol. The van der Waals surface area contributed by atoms with Gasteiger partial charge >= 0.3 is 0 Å². The van der Waals surface area contributed by atoms with E-state index < -0.39 is 0 Å². The number of halogens is 2. The van der Waals surface area contributed by atoms with Gasteiger partial charge < -0.3 is 15.6 Å². The van der Waals surface area contributed by atoms with E-state index in [-0.39, 0.29) is 0 Å². The van der Waals surface area contributed by atoms with E-state index >= 15 is 0 Å². The van der Waals surface area contributed by atoms with Crippen LogP contribution in [0, 0.1) is 0 Å². The van der Waals surface area contributed by atoms with E-state index in [0.717, 1.165) is 19.5 Å². The molecule has 0 aliphatic carbocycles. The minimum atomic E-state index is 0.399. The fourth-order valence-electron chi connectivity index (χ4n) is 1.29. The molecule has 5 nitrogen and oxygen atoms in total. The van der Waals surface area contributed by atoms with Crippen molar-refractivity contribution in [1.29, 1.82) is 0 Å². The third-order valence-corrected chi connectivity index (χ3v) is 2.72. The Labute approximate surface area is 111 Å². The molecule has 0 saturated heterocycles. The van der Waals surface area contributed by atoms with E-state index in [1.807, 2.05) is 14.1 Å². The molecule has 0 bridgehead atoms. The van der Waals surface area contributed by atoms with E-state index in [1.165, 1.54) is 0 Å². The molecular weight excluding hydrogens is 261 g/mol. The Morgan fingerprint density at radius 2 is 1.94 bits per heavy atom. The highest BCUT2D eigenvalue weighted by Gasteiger charge is 2.07. The standard InChI is InChI=1S/C10H17Cl2N5/c1-17(2)5-3-4-14-9-7(11)6-8(12)10(15-9)16-13/h6H,3-5,13H2,1-2H3,(H2,14,15,16). The van der Waals surface area contributed by atoms with Crippen molar-refractivity contribution in [1.82, 2.24) is 9.88 Å². The van der Waals surface area contributed by atoms with Crippen molar-refractivity contribution >= 4 is 34.8 Å². The van der Waals surface area contributed by atoms with Crippen molar-refractivity contribution in [3.05, 3.63) is 16.1 Å². The Hall–Kier alpha value is -0.750. The van der Waals surface area contributed by atoms with Gasteiger partial charge in [-0.2, -0.15) is 0 Å². The zero-order valence-electron chi connectivity index (χ0n) is 9.93. The predicted molar refractivity (Wildman–Crippen MR) is 73.7 cm³/mol. The Balaban J connectivity index is 2.58. The molecule has 0 unspecified atom stereocenters. The quantitative estimate of drug-likeness (QED) is 0.422. The predicted octanol–water partition coefficient (Wildman–Crippen LogP) is 2.04. The SMILES string of the molecule is CN(C)CCCNc1nc(NN)c(Cl)cc1Cl. The van der Waals surface area contributed by atoms with Crippen molar-refractivity contribution in [2.24, 2.45) is 5.84 Å². The van der Waals surface area contributed by atoms with Gasteiger partial charge in [0.15, 0.2) is 5.82 Å². The van der Waals surface area contributed by atoms with Gasteiger partial charge in [0.1, 0.15) is 5.82 Å². The number of aromatic nitrogens is 1. The second-order valence-corrected chi connectivity index (χ2v) is 4.69. The molecule has 7 heteroatoms.